The molecule has 5 heteroatoms. The van der Waals surface area contributed by atoms with Gasteiger partial charge in [0, 0.05) is 12.2 Å². The highest BCUT2D eigenvalue weighted by Crippen LogP contribution is 2.22. The Balaban J connectivity index is 2.19. The van der Waals surface area contributed by atoms with Crippen LogP contribution in [0.1, 0.15) is 17.0 Å². The van der Waals surface area contributed by atoms with Gasteiger partial charge < -0.3 is 11.1 Å². The topological polar surface area (TPSA) is 78.9 Å². The summed E-state index contributed by atoms with van der Waals surface area (Å²) >= 11 is 5.86. The number of hydrogen-bond donors (Lipinski definition) is 2. The molecule has 2 aromatic carbocycles. The summed E-state index contributed by atoms with van der Waals surface area (Å²) in [4.78, 5) is 12.3. The van der Waals surface area contributed by atoms with Gasteiger partial charge in [0.15, 0.2) is 0 Å². The fourth-order valence-corrected chi connectivity index (χ4v) is 2.16. The quantitative estimate of drug-likeness (QED) is 0.911. The Hall–Kier alpha value is -2.35. The molecule has 0 aliphatic heterocycles. The van der Waals surface area contributed by atoms with Crippen LogP contribution in [-0.4, -0.2) is 12.5 Å². The standard InChI is InChI=1S/C16H14ClN3O/c17-15-7-6-13(8-12(15)9-18)20-16(21)14(10-19)11-4-2-1-3-5-11/h1-8,14H,10,19H2,(H,20,21). The number of nitrogens with one attached hydrogen (secondary N) is 1. The van der Waals surface area contributed by atoms with Gasteiger partial charge in [-0.3, -0.25) is 4.79 Å². The fraction of sp³-hybridized carbons (Fsp3) is 0.125. The minimum Gasteiger partial charge on any atom is -0.329 e. The van der Waals surface area contributed by atoms with E-state index >= 15 is 0 Å². The molecule has 2 aromatic rings. The van der Waals surface area contributed by atoms with E-state index in [2.05, 4.69) is 5.32 Å². The third-order valence-corrected chi connectivity index (χ3v) is 3.44. The molecule has 1 amide bonds. The number of nitrogens with zero attached hydrogens (tertiary/aromatic N) is 1. The van der Waals surface area contributed by atoms with Crippen molar-refractivity contribution in [2.24, 2.45) is 5.73 Å². The Morgan fingerprint density at radius 3 is 2.62 bits per heavy atom. The number of nitrogens with two attached hydrogens (primary N) is 1. The summed E-state index contributed by atoms with van der Waals surface area (Å²) in [5, 5.41) is 12.1. The molecule has 106 valence electrons. The number of nitriles is 1. The van der Waals surface area contributed by atoms with E-state index in [0.29, 0.717) is 16.3 Å². The van der Waals surface area contributed by atoms with Gasteiger partial charge in [-0.05, 0) is 23.8 Å². The Bertz CT molecular complexity index is 680. The van der Waals surface area contributed by atoms with Crippen molar-refractivity contribution in [3.63, 3.8) is 0 Å². The van der Waals surface area contributed by atoms with Crippen LogP contribution in [-0.2, 0) is 4.79 Å². The van der Waals surface area contributed by atoms with Crippen molar-refractivity contribution in [3.8, 4) is 6.07 Å². The van der Waals surface area contributed by atoms with E-state index in [1.807, 2.05) is 36.4 Å². The van der Waals surface area contributed by atoms with Gasteiger partial charge in [-0.15, -0.1) is 0 Å². The van der Waals surface area contributed by atoms with Crippen LogP contribution in [0.5, 0.6) is 0 Å². The maximum absolute atomic E-state index is 12.3. The van der Waals surface area contributed by atoms with Gasteiger partial charge in [-0.1, -0.05) is 41.9 Å². The van der Waals surface area contributed by atoms with E-state index in [1.54, 1.807) is 18.2 Å². The van der Waals surface area contributed by atoms with Crippen molar-refractivity contribution < 1.29 is 4.79 Å². The molecule has 0 spiro atoms. The van der Waals surface area contributed by atoms with Crippen molar-refractivity contribution >= 4 is 23.2 Å². The van der Waals surface area contributed by atoms with Gasteiger partial charge in [-0.25, -0.2) is 0 Å². The lowest BCUT2D eigenvalue weighted by atomic mass is 9.98. The molecule has 0 bridgehead atoms. The predicted octanol–water partition coefficient (Wildman–Crippen LogP) is 2.89. The van der Waals surface area contributed by atoms with Gasteiger partial charge in [0.25, 0.3) is 0 Å². The Labute approximate surface area is 128 Å². The van der Waals surface area contributed by atoms with Crippen LogP contribution in [0.3, 0.4) is 0 Å². The highest BCUT2D eigenvalue weighted by molar-refractivity contribution is 6.31. The van der Waals surface area contributed by atoms with E-state index < -0.39 is 5.92 Å². The molecule has 3 N–H and O–H groups in total. The Morgan fingerprint density at radius 2 is 2.00 bits per heavy atom. The van der Waals surface area contributed by atoms with Crippen LogP contribution in [0.25, 0.3) is 0 Å². The van der Waals surface area contributed by atoms with Crippen LogP contribution >= 0.6 is 11.6 Å². The van der Waals surface area contributed by atoms with Crippen molar-refractivity contribution in [3.05, 3.63) is 64.7 Å². The summed E-state index contributed by atoms with van der Waals surface area (Å²) in [5.41, 5.74) is 7.40. The molecule has 2 rings (SSSR count). The zero-order valence-corrected chi connectivity index (χ0v) is 12.0. The number of amides is 1. The van der Waals surface area contributed by atoms with Gasteiger partial charge in [-0.2, -0.15) is 5.26 Å². The van der Waals surface area contributed by atoms with Gasteiger partial charge >= 0.3 is 0 Å². The van der Waals surface area contributed by atoms with Crippen molar-refractivity contribution in [1.82, 2.24) is 0 Å². The van der Waals surface area contributed by atoms with Crippen LogP contribution in [0.2, 0.25) is 5.02 Å². The summed E-state index contributed by atoms with van der Waals surface area (Å²) in [6, 6.07) is 16.1. The normalized spacial score (nSPS) is 11.5. The first kappa shape index (κ1) is 15.0. The molecule has 0 saturated heterocycles. The summed E-state index contributed by atoms with van der Waals surface area (Å²) in [6.45, 7) is 0.203. The van der Waals surface area contributed by atoms with Crippen molar-refractivity contribution in [2.75, 3.05) is 11.9 Å². The SMILES string of the molecule is N#Cc1cc(NC(=O)C(CN)c2ccccc2)ccc1Cl. The number of benzene rings is 2. The molecule has 4 nitrogen and oxygen atoms in total. The van der Waals surface area contributed by atoms with E-state index in [1.165, 1.54) is 0 Å². The lowest BCUT2D eigenvalue weighted by Gasteiger charge is -2.15. The van der Waals surface area contributed by atoms with Gasteiger partial charge in [0.05, 0.1) is 16.5 Å². The molecule has 0 heterocycles. The molecule has 0 aliphatic carbocycles. The summed E-state index contributed by atoms with van der Waals surface area (Å²) < 4.78 is 0. The zero-order chi connectivity index (χ0) is 15.2. The van der Waals surface area contributed by atoms with Crippen LogP contribution < -0.4 is 11.1 Å². The third kappa shape index (κ3) is 3.60. The number of halogens is 1. The van der Waals surface area contributed by atoms with Gasteiger partial charge in [0.1, 0.15) is 6.07 Å². The van der Waals surface area contributed by atoms with E-state index in [9.17, 15) is 4.79 Å². The van der Waals surface area contributed by atoms with Crippen LogP contribution in [0.4, 0.5) is 5.69 Å². The second kappa shape index (κ2) is 6.89. The minimum atomic E-state index is -0.438. The molecule has 0 aliphatic rings. The zero-order valence-electron chi connectivity index (χ0n) is 11.2. The average Bonchev–Trinajstić information content (AvgIpc) is 2.51. The predicted molar refractivity (Wildman–Crippen MR) is 83.0 cm³/mol. The monoisotopic (exact) mass is 299 g/mol. The van der Waals surface area contributed by atoms with Gasteiger partial charge in [0.2, 0.25) is 5.91 Å². The molecule has 0 saturated carbocycles. The first-order valence-electron chi connectivity index (χ1n) is 6.41. The number of carbonyl (C=O) groups excluding carboxylic acids is 1. The molecule has 0 radical (unpaired) electrons. The maximum Gasteiger partial charge on any atom is 0.233 e. The number of hydrogen-bond acceptors (Lipinski definition) is 3. The molecule has 0 fully saturated rings. The van der Waals surface area contributed by atoms with Crippen molar-refractivity contribution in [1.29, 1.82) is 5.26 Å². The smallest absolute Gasteiger partial charge is 0.233 e. The third-order valence-electron chi connectivity index (χ3n) is 3.11. The van der Waals surface area contributed by atoms with Crippen molar-refractivity contribution in [2.45, 2.75) is 5.92 Å². The summed E-state index contributed by atoms with van der Waals surface area (Å²) in [6.07, 6.45) is 0. The molecule has 1 unspecified atom stereocenters. The largest absolute Gasteiger partial charge is 0.329 e. The second-order valence-corrected chi connectivity index (χ2v) is 4.90. The molecule has 1 atom stereocenters. The highest BCUT2D eigenvalue weighted by atomic mass is 35.5. The summed E-state index contributed by atoms with van der Waals surface area (Å²) in [5.74, 6) is -0.651. The highest BCUT2D eigenvalue weighted by Gasteiger charge is 2.19. The summed E-state index contributed by atoms with van der Waals surface area (Å²) in [7, 11) is 0. The molecular formula is C16H14ClN3O. The average molecular weight is 300 g/mol. The van der Waals surface area contributed by atoms with E-state index in [-0.39, 0.29) is 12.5 Å². The maximum atomic E-state index is 12.3. The lowest BCUT2D eigenvalue weighted by Crippen LogP contribution is -2.27. The van der Waals surface area contributed by atoms with Crippen LogP contribution in [0, 0.1) is 11.3 Å². The lowest BCUT2D eigenvalue weighted by molar-refractivity contribution is -0.117. The van der Waals surface area contributed by atoms with E-state index in [4.69, 9.17) is 22.6 Å². The number of anilines is 1. The molecule has 0 aromatic heterocycles. The first-order valence-corrected chi connectivity index (χ1v) is 6.79. The molecule has 21 heavy (non-hydrogen) atoms. The van der Waals surface area contributed by atoms with E-state index in [0.717, 1.165) is 5.56 Å². The second-order valence-electron chi connectivity index (χ2n) is 4.49. The Morgan fingerprint density at radius 1 is 1.29 bits per heavy atom. The Kier molecular flexibility index (Phi) is 4.94. The fourth-order valence-electron chi connectivity index (χ4n) is 2.00. The molecular weight excluding hydrogens is 286 g/mol. The van der Waals surface area contributed by atoms with Crippen LogP contribution in [0.15, 0.2) is 48.5 Å². The number of rotatable bonds is 4. The number of carbonyl (C=O) groups is 1. The minimum absolute atomic E-state index is 0.203. The first-order chi connectivity index (χ1) is 10.2.